The van der Waals surface area contributed by atoms with Gasteiger partial charge < -0.3 is 10.1 Å². The number of methoxy groups -OCH3 is 1. The maximum atomic E-state index is 13.2. The van der Waals surface area contributed by atoms with Gasteiger partial charge in [-0.15, -0.1) is 17.8 Å². The lowest BCUT2D eigenvalue weighted by molar-refractivity contribution is -0.125. The van der Waals surface area contributed by atoms with Crippen molar-refractivity contribution in [2.24, 2.45) is 0 Å². The maximum Gasteiger partial charge on any atom is 0.303 e. The number of carbonyl (C=O) groups excluding carboxylic acids is 2. The SMILES string of the molecule is C#CC(=O)N(c1cccc(OC)c1)[C@H](C(=O)NC1CCCC1)c1cccs1. The Balaban J connectivity index is 2.01. The molecule has 0 bridgehead atoms. The fourth-order valence-corrected chi connectivity index (χ4v) is 4.20. The summed E-state index contributed by atoms with van der Waals surface area (Å²) in [6, 6.07) is 10.0. The fourth-order valence-electron chi connectivity index (χ4n) is 3.38. The highest BCUT2D eigenvalue weighted by molar-refractivity contribution is 7.10. The van der Waals surface area contributed by atoms with Crippen LogP contribution >= 0.6 is 11.3 Å². The lowest BCUT2D eigenvalue weighted by atomic mass is 10.1. The van der Waals surface area contributed by atoms with Gasteiger partial charge in [0.2, 0.25) is 5.91 Å². The summed E-state index contributed by atoms with van der Waals surface area (Å²) in [5, 5.41) is 4.98. The first-order valence-corrected chi connectivity index (χ1v) is 9.79. The molecule has 1 atom stereocenters. The molecule has 1 heterocycles. The van der Waals surface area contributed by atoms with Crippen LogP contribution < -0.4 is 15.0 Å². The van der Waals surface area contributed by atoms with Crippen LogP contribution in [0.5, 0.6) is 5.75 Å². The Morgan fingerprint density at radius 2 is 2.07 bits per heavy atom. The van der Waals surface area contributed by atoms with E-state index >= 15 is 0 Å². The Bertz CT molecular complexity index is 835. The van der Waals surface area contributed by atoms with Gasteiger partial charge in [0.05, 0.1) is 7.11 Å². The number of amides is 2. The van der Waals surface area contributed by atoms with E-state index in [-0.39, 0.29) is 11.9 Å². The van der Waals surface area contributed by atoms with Crippen LogP contribution in [-0.2, 0) is 9.59 Å². The van der Waals surface area contributed by atoms with Crippen LogP contribution in [0.15, 0.2) is 41.8 Å². The minimum absolute atomic E-state index is 0.146. The van der Waals surface area contributed by atoms with Crippen molar-refractivity contribution in [2.45, 2.75) is 37.8 Å². The molecule has 6 heteroatoms. The molecule has 5 nitrogen and oxygen atoms in total. The lowest BCUT2D eigenvalue weighted by Crippen LogP contribution is -2.45. The molecule has 1 aliphatic rings. The minimum atomic E-state index is -0.818. The van der Waals surface area contributed by atoms with E-state index < -0.39 is 11.9 Å². The Morgan fingerprint density at radius 3 is 2.70 bits per heavy atom. The van der Waals surface area contributed by atoms with Crippen molar-refractivity contribution < 1.29 is 14.3 Å². The van der Waals surface area contributed by atoms with Crippen molar-refractivity contribution in [3.05, 3.63) is 46.7 Å². The van der Waals surface area contributed by atoms with E-state index in [0.29, 0.717) is 11.4 Å². The fraction of sp³-hybridized carbons (Fsp3) is 0.333. The first-order chi connectivity index (χ1) is 13.1. The highest BCUT2D eigenvalue weighted by Gasteiger charge is 2.34. The lowest BCUT2D eigenvalue weighted by Gasteiger charge is -2.30. The van der Waals surface area contributed by atoms with Crippen molar-refractivity contribution in [2.75, 3.05) is 12.0 Å². The molecule has 0 radical (unpaired) electrons. The van der Waals surface area contributed by atoms with E-state index in [2.05, 4.69) is 11.2 Å². The molecule has 3 rings (SSSR count). The third-order valence-electron chi connectivity index (χ3n) is 4.69. The Kier molecular flexibility index (Phi) is 6.15. The zero-order chi connectivity index (χ0) is 19.2. The molecule has 0 unspecified atom stereocenters. The van der Waals surface area contributed by atoms with Crippen molar-refractivity contribution in [3.8, 4) is 18.1 Å². The van der Waals surface area contributed by atoms with Gasteiger partial charge in [0.25, 0.3) is 0 Å². The largest absolute Gasteiger partial charge is 0.497 e. The van der Waals surface area contributed by atoms with Gasteiger partial charge in [0.1, 0.15) is 5.75 Å². The Labute approximate surface area is 163 Å². The summed E-state index contributed by atoms with van der Waals surface area (Å²) in [6.07, 6.45) is 9.58. The van der Waals surface area contributed by atoms with Crippen molar-refractivity contribution in [1.29, 1.82) is 0 Å². The number of terminal acetylenes is 1. The van der Waals surface area contributed by atoms with E-state index in [1.807, 2.05) is 17.5 Å². The molecule has 0 spiro atoms. The van der Waals surface area contributed by atoms with Crippen LogP contribution in [-0.4, -0.2) is 25.0 Å². The summed E-state index contributed by atoms with van der Waals surface area (Å²) in [7, 11) is 1.55. The first-order valence-electron chi connectivity index (χ1n) is 8.91. The van der Waals surface area contributed by atoms with Gasteiger partial charge >= 0.3 is 5.91 Å². The normalized spacial score (nSPS) is 15.0. The van der Waals surface area contributed by atoms with Gasteiger partial charge in [-0.05, 0) is 42.3 Å². The molecular weight excluding hydrogens is 360 g/mol. The molecule has 1 aromatic carbocycles. The van der Waals surface area contributed by atoms with Gasteiger partial charge in [-0.25, -0.2) is 0 Å². The van der Waals surface area contributed by atoms with Crippen LogP contribution in [0.2, 0.25) is 0 Å². The average molecular weight is 382 g/mol. The smallest absolute Gasteiger partial charge is 0.303 e. The van der Waals surface area contributed by atoms with Crippen LogP contribution in [0.4, 0.5) is 5.69 Å². The zero-order valence-corrected chi connectivity index (χ0v) is 16.0. The molecule has 0 aliphatic heterocycles. The molecule has 27 heavy (non-hydrogen) atoms. The topological polar surface area (TPSA) is 58.6 Å². The minimum Gasteiger partial charge on any atom is -0.497 e. The van der Waals surface area contributed by atoms with Gasteiger partial charge in [0, 0.05) is 22.7 Å². The monoisotopic (exact) mass is 382 g/mol. The van der Waals surface area contributed by atoms with Crippen molar-refractivity contribution >= 4 is 28.8 Å². The third-order valence-corrected chi connectivity index (χ3v) is 5.62. The standard InChI is InChI=1S/C21H22N2O3S/c1-3-19(24)23(16-10-6-11-17(14-16)26-2)20(18-12-7-13-27-18)21(25)22-15-8-4-5-9-15/h1,6-7,10-15,20H,4-5,8-9H2,2H3,(H,22,25)/t20-/m0/s1. The number of carbonyl (C=O) groups is 2. The Morgan fingerprint density at radius 1 is 1.30 bits per heavy atom. The van der Waals surface area contributed by atoms with Crippen LogP contribution in [0.1, 0.15) is 36.6 Å². The average Bonchev–Trinajstić information content (AvgIpc) is 3.39. The molecule has 140 valence electrons. The highest BCUT2D eigenvalue weighted by Crippen LogP contribution is 2.33. The van der Waals surface area contributed by atoms with E-state index in [9.17, 15) is 9.59 Å². The van der Waals surface area contributed by atoms with Gasteiger partial charge in [-0.2, -0.15) is 0 Å². The molecular formula is C21H22N2O3S. The molecule has 1 N–H and O–H groups in total. The van der Waals surface area contributed by atoms with Crippen LogP contribution in [0.25, 0.3) is 0 Å². The molecule has 1 aromatic heterocycles. The van der Waals surface area contributed by atoms with Crippen molar-refractivity contribution in [3.63, 3.8) is 0 Å². The second-order valence-corrected chi connectivity index (χ2v) is 7.41. The number of thiophene rings is 1. The second kappa shape index (κ2) is 8.74. The number of anilines is 1. The maximum absolute atomic E-state index is 13.2. The first kappa shape index (κ1) is 19.0. The summed E-state index contributed by atoms with van der Waals surface area (Å²) >= 11 is 1.42. The predicted molar refractivity (Wildman–Crippen MR) is 107 cm³/mol. The van der Waals surface area contributed by atoms with Crippen molar-refractivity contribution in [1.82, 2.24) is 5.32 Å². The van der Waals surface area contributed by atoms with Gasteiger partial charge in [-0.3, -0.25) is 14.5 Å². The van der Waals surface area contributed by atoms with E-state index in [0.717, 1.165) is 30.6 Å². The predicted octanol–water partition coefficient (Wildman–Crippen LogP) is 3.52. The molecule has 1 fully saturated rings. The quantitative estimate of drug-likeness (QED) is 0.778. The van der Waals surface area contributed by atoms with E-state index in [4.69, 9.17) is 11.2 Å². The van der Waals surface area contributed by atoms with Gasteiger partial charge in [-0.1, -0.05) is 25.0 Å². The Hall–Kier alpha value is -2.78. The van der Waals surface area contributed by atoms with E-state index in [1.54, 1.807) is 31.4 Å². The number of benzene rings is 1. The molecule has 0 saturated heterocycles. The number of nitrogens with zero attached hydrogens (tertiary/aromatic N) is 1. The summed E-state index contributed by atoms with van der Waals surface area (Å²) in [5.41, 5.74) is 0.525. The summed E-state index contributed by atoms with van der Waals surface area (Å²) in [6.45, 7) is 0. The summed E-state index contributed by atoms with van der Waals surface area (Å²) < 4.78 is 5.27. The van der Waals surface area contributed by atoms with Crippen LogP contribution in [0.3, 0.4) is 0 Å². The second-order valence-electron chi connectivity index (χ2n) is 6.43. The number of hydrogen-bond donors (Lipinski definition) is 1. The summed E-state index contributed by atoms with van der Waals surface area (Å²) in [4.78, 5) is 28.0. The number of hydrogen-bond acceptors (Lipinski definition) is 4. The third kappa shape index (κ3) is 4.32. The van der Waals surface area contributed by atoms with Crippen LogP contribution in [0, 0.1) is 12.3 Å². The number of nitrogens with one attached hydrogen (secondary N) is 1. The molecule has 2 aromatic rings. The molecule has 1 saturated carbocycles. The number of ether oxygens (including phenoxy) is 1. The summed E-state index contributed by atoms with van der Waals surface area (Å²) in [5.74, 6) is 1.97. The van der Waals surface area contributed by atoms with E-state index in [1.165, 1.54) is 16.2 Å². The molecule has 1 aliphatic carbocycles. The van der Waals surface area contributed by atoms with Gasteiger partial charge in [0.15, 0.2) is 6.04 Å². The highest BCUT2D eigenvalue weighted by atomic mass is 32.1. The molecule has 2 amide bonds. The zero-order valence-electron chi connectivity index (χ0n) is 15.2. The number of rotatable bonds is 6.